The molecular weight excluding hydrogens is 168 g/mol. The van der Waals surface area contributed by atoms with Crippen LogP contribution in [0.4, 0.5) is 0 Å². The van der Waals surface area contributed by atoms with Crippen LogP contribution in [0.2, 0.25) is 0 Å². The molecule has 0 bridgehead atoms. The van der Waals surface area contributed by atoms with Gasteiger partial charge in [-0.2, -0.15) is 0 Å². The molecule has 0 aromatic heterocycles. The third kappa shape index (κ3) is 5.35. The van der Waals surface area contributed by atoms with Gasteiger partial charge in [-0.15, -0.1) is 9.63 Å². The van der Waals surface area contributed by atoms with E-state index in [-0.39, 0.29) is 5.41 Å². The van der Waals surface area contributed by atoms with Crippen molar-refractivity contribution < 1.29 is 0 Å². The van der Waals surface area contributed by atoms with E-state index in [2.05, 4.69) is 50.8 Å². The number of hydrogen-bond donors (Lipinski definition) is 0. The minimum absolute atomic E-state index is 0.0288. The average Bonchev–Trinajstić information content (AvgIpc) is 1.84. The summed E-state index contributed by atoms with van der Waals surface area (Å²) in [5.74, 6) is 0. The SMILES string of the molecule is C=C(N=NSC(C)C)C(C)(C)C. The Hall–Kier alpha value is -0.310. The van der Waals surface area contributed by atoms with Crippen molar-refractivity contribution in [1.29, 1.82) is 0 Å². The molecule has 0 unspecified atom stereocenters. The van der Waals surface area contributed by atoms with Crippen molar-refractivity contribution in [2.24, 2.45) is 15.0 Å². The topological polar surface area (TPSA) is 24.7 Å². The van der Waals surface area contributed by atoms with Gasteiger partial charge in [-0.3, -0.25) is 0 Å². The van der Waals surface area contributed by atoms with E-state index in [1.807, 2.05) is 0 Å². The fourth-order valence-corrected chi connectivity index (χ4v) is 0.651. The van der Waals surface area contributed by atoms with Crippen LogP contribution in [0.15, 0.2) is 21.9 Å². The van der Waals surface area contributed by atoms with Crippen LogP contribution in [-0.4, -0.2) is 5.25 Å². The van der Waals surface area contributed by atoms with Gasteiger partial charge in [0.1, 0.15) is 0 Å². The molecule has 3 heteroatoms. The zero-order chi connectivity index (χ0) is 9.78. The van der Waals surface area contributed by atoms with E-state index in [0.717, 1.165) is 5.70 Å². The Morgan fingerprint density at radius 3 is 2.17 bits per heavy atom. The smallest absolute Gasteiger partial charge is 0.0618 e. The van der Waals surface area contributed by atoms with Gasteiger partial charge >= 0.3 is 0 Å². The van der Waals surface area contributed by atoms with Gasteiger partial charge in [0, 0.05) is 22.6 Å². The summed E-state index contributed by atoms with van der Waals surface area (Å²) in [5.41, 5.74) is 0.858. The monoisotopic (exact) mass is 186 g/mol. The van der Waals surface area contributed by atoms with Crippen LogP contribution in [0.1, 0.15) is 34.6 Å². The van der Waals surface area contributed by atoms with E-state index in [1.54, 1.807) is 0 Å². The standard InChI is InChI=1S/C9H18N2S/c1-7(2)12-11-10-8(3)9(4,5)6/h7H,3H2,1-2,4-6H3. The molecular formula is C9H18N2S. The minimum Gasteiger partial charge on any atom is -0.148 e. The van der Waals surface area contributed by atoms with Crippen molar-refractivity contribution in [3.05, 3.63) is 12.3 Å². The van der Waals surface area contributed by atoms with Gasteiger partial charge in [0.15, 0.2) is 0 Å². The maximum Gasteiger partial charge on any atom is 0.0618 e. The third-order valence-corrected chi connectivity index (χ3v) is 1.88. The fraction of sp³-hybridized carbons (Fsp3) is 0.778. The van der Waals surface area contributed by atoms with Crippen LogP contribution < -0.4 is 0 Å². The van der Waals surface area contributed by atoms with Gasteiger partial charge in [-0.25, -0.2) is 0 Å². The van der Waals surface area contributed by atoms with Gasteiger partial charge in [-0.05, 0) is 0 Å². The maximum atomic E-state index is 4.03. The highest BCUT2D eigenvalue weighted by Gasteiger charge is 2.14. The first-order chi connectivity index (χ1) is 5.34. The van der Waals surface area contributed by atoms with Crippen molar-refractivity contribution in [2.75, 3.05) is 0 Å². The summed E-state index contributed by atoms with van der Waals surface area (Å²) >= 11 is 1.47. The third-order valence-electron chi connectivity index (χ3n) is 1.29. The number of nitrogens with zero attached hydrogens (tertiary/aromatic N) is 2. The molecule has 0 radical (unpaired) electrons. The second-order valence-corrected chi connectivity index (χ2v) is 5.35. The lowest BCUT2D eigenvalue weighted by molar-refractivity contribution is 0.496. The first-order valence-corrected chi connectivity index (χ1v) is 4.94. The molecule has 0 heterocycles. The highest BCUT2D eigenvalue weighted by atomic mass is 32.2. The first-order valence-electron chi connectivity index (χ1n) is 4.10. The predicted molar refractivity (Wildman–Crippen MR) is 56.2 cm³/mol. The molecule has 0 aromatic rings. The second-order valence-electron chi connectivity index (χ2n) is 4.03. The fourth-order valence-electron chi connectivity index (χ4n) is 0.317. The Morgan fingerprint density at radius 2 is 1.83 bits per heavy atom. The van der Waals surface area contributed by atoms with E-state index in [4.69, 9.17) is 0 Å². The lowest BCUT2D eigenvalue weighted by Gasteiger charge is -2.16. The molecule has 0 saturated carbocycles. The molecule has 0 aliphatic rings. The number of rotatable bonds is 3. The second kappa shape index (κ2) is 4.65. The quantitative estimate of drug-likeness (QED) is 0.482. The lowest BCUT2D eigenvalue weighted by Crippen LogP contribution is -2.05. The Bertz CT molecular complexity index is 177. The summed E-state index contributed by atoms with van der Waals surface area (Å²) in [7, 11) is 0. The van der Waals surface area contributed by atoms with E-state index >= 15 is 0 Å². The summed E-state index contributed by atoms with van der Waals surface area (Å²) in [4.78, 5) is 0. The molecule has 70 valence electrons. The van der Waals surface area contributed by atoms with Crippen molar-refractivity contribution in [3.63, 3.8) is 0 Å². The number of allylic oxidation sites excluding steroid dienone is 1. The van der Waals surface area contributed by atoms with E-state index < -0.39 is 0 Å². The molecule has 0 rings (SSSR count). The van der Waals surface area contributed by atoms with E-state index in [0.29, 0.717) is 5.25 Å². The van der Waals surface area contributed by atoms with Crippen molar-refractivity contribution in [3.8, 4) is 0 Å². The summed E-state index contributed by atoms with van der Waals surface area (Å²) < 4.78 is 3.98. The Balaban J connectivity index is 3.93. The normalized spacial score (nSPS) is 12.8. The van der Waals surface area contributed by atoms with Crippen molar-refractivity contribution >= 4 is 11.9 Å². The molecule has 0 atom stereocenters. The lowest BCUT2D eigenvalue weighted by atomic mass is 9.94. The van der Waals surface area contributed by atoms with Crippen LogP contribution in [0.5, 0.6) is 0 Å². The Morgan fingerprint density at radius 1 is 1.33 bits per heavy atom. The molecule has 0 saturated heterocycles. The zero-order valence-electron chi connectivity index (χ0n) is 8.59. The van der Waals surface area contributed by atoms with Gasteiger partial charge in [0.25, 0.3) is 0 Å². The zero-order valence-corrected chi connectivity index (χ0v) is 9.40. The van der Waals surface area contributed by atoms with Crippen LogP contribution in [0.3, 0.4) is 0 Å². The average molecular weight is 186 g/mol. The Labute approximate surface area is 79.7 Å². The van der Waals surface area contributed by atoms with Crippen LogP contribution in [-0.2, 0) is 0 Å². The summed E-state index contributed by atoms with van der Waals surface area (Å²) in [6.45, 7) is 14.3. The minimum atomic E-state index is 0.0288. The molecule has 0 spiro atoms. The summed E-state index contributed by atoms with van der Waals surface area (Å²) in [5, 5.41) is 4.52. The first kappa shape index (κ1) is 11.7. The highest BCUT2D eigenvalue weighted by molar-refractivity contribution is 7.98. The van der Waals surface area contributed by atoms with Crippen molar-refractivity contribution in [2.45, 2.75) is 39.9 Å². The molecule has 12 heavy (non-hydrogen) atoms. The molecule has 0 N–H and O–H groups in total. The molecule has 0 aliphatic heterocycles. The highest BCUT2D eigenvalue weighted by Crippen LogP contribution is 2.25. The van der Waals surface area contributed by atoms with Gasteiger partial charge in [-0.1, -0.05) is 41.2 Å². The molecule has 2 nitrogen and oxygen atoms in total. The van der Waals surface area contributed by atoms with E-state index in [9.17, 15) is 0 Å². The van der Waals surface area contributed by atoms with E-state index in [1.165, 1.54) is 11.9 Å². The molecule has 0 aliphatic carbocycles. The Kier molecular flexibility index (Phi) is 4.53. The van der Waals surface area contributed by atoms with Gasteiger partial charge < -0.3 is 0 Å². The maximum absolute atomic E-state index is 4.03. The number of hydrogen-bond acceptors (Lipinski definition) is 3. The predicted octanol–water partition coefficient (Wildman–Crippen LogP) is 4.06. The van der Waals surface area contributed by atoms with Crippen LogP contribution in [0.25, 0.3) is 0 Å². The van der Waals surface area contributed by atoms with Gasteiger partial charge in [0.2, 0.25) is 0 Å². The summed E-state index contributed by atoms with van der Waals surface area (Å²) in [6, 6.07) is 0. The molecule has 0 aromatic carbocycles. The van der Waals surface area contributed by atoms with Crippen LogP contribution >= 0.6 is 11.9 Å². The molecule has 0 fully saturated rings. The van der Waals surface area contributed by atoms with Crippen LogP contribution in [0, 0.1) is 5.41 Å². The van der Waals surface area contributed by atoms with Crippen molar-refractivity contribution in [1.82, 2.24) is 0 Å². The summed E-state index contributed by atoms with van der Waals surface area (Å²) in [6.07, 6.45) is 0. The largest absolute Gasteiger partial charge is 0.148 e. The van der Waals surface area contributed by atoms with Gasteiger partial charge in [0.05, 0.1) is 5.70 Å². The molecule has 0 amide bonds.